The third kappa shape index (κ3) is 5.26. The van der Waals surface area contributed by atoms with Gasteiger partial charge < -0.3 is 14.6 Å². The van der Waals surface area contributed by atoms with E-state index < -0.39 is 5.97 Å². The fourth-order valence-corrected chi connectivity index (χ4v) is 2.57. The first-order valence-electron chi connectivity index (χ1n) is 9.06. The molecule has 7 nitrogen and oxygen atoms in total. The Hall–Kier alpha value is -3.48. The van der Waals surface area contributed by atoms with Gasteiger partial charge in [0, 0.05) is 12.0 Å². The van der Waals surface area contributed by atoms with Crippen molar-refractivity contribution in [2.45, 2.75) is 26.4 Å². The van der Waals surface area contributed by atoms with E-state index in [0.717, 1.165) is 17.5 Å². The van der Waals surface area contributed by atoms with Crippen molar-refractivity contribution < 1.29 is 18.8 Å². The van der Waals surface area contributed by atoms with Gasteiger partial charge in [-0.3, -0.25) is 9.59 Å². The molecule has 1 N–H and O–H groups in total. The zero-order valence-corrected chi connectivity index (χ0v) is 15.6. The van der Waals surface area contributed by atoms with E-state index in [2.05, 4.69) is 15.5 Å². The molecule has 2 aromatic carbocycles. The molecule has 0 aliphatic heterocycles. The standard InChI is InChI=1S/C21H21N3O4/c1-2-6-18-23-19(28-24-18)14-27-20(25)13-22-21(26)17-11-9-16(10-12-17)15-7-4-3-5-8-15/h3-5,7-12H,2,6,13-14H2,1H3,(H,22,26). The molecule has 1 heterocycles. The largest absolute Gasteiger partial charge is 0.454 e. The Bertz CT molecular complexity index is 920. The molecule has 28 heavy (non-hydrogen) atoms. The van der Waals surface area contributed by atoms with E-state index in [1.54, 1.807) is 12.1 Å². The summed E-state index contributed by atoms with van der Waals surface area (Å²) in [7, 11) is 0. The molecule has 144 valence electrons. The summed E-state index contributed by atoms with van der Waals surface area (Å²) in [6, 6.07) is 17.0. The first kappa shape index (κ1) is 19.3. The van der Waals surface area contributed by atoms with Crippen LogP contribution in [0.1, 0.15) is 35.4 Å². The average Bonchev–Trinajstić information content (AvgIpc) is 3.19. The summed E-state index contributed by atoms with van der Waals surface area (Å²) in [5, 5.41) is 6.32. The third-order valence-electron chi connectivity index (χ3n) is 3.99. The number of aromatic nitrogens is 2. The SMILES string of the molecule is CCCc1noc(COC(=O)CNC(=O)c2ccc(-c3ccccc3)cc2)n1. The molecule has 0 saturated carbocycles. The van der Waals surface area contributed by atoms with Crippen LogP contribution in [0.25, 0.3) is 11.1 Å². The van der Waals surface area contributed by atoms with Crippen LogP contribution in [0.5, 0.6) is 0 Å². The topological polar surface area (TPSA) is 94.3 Å². The number of rotatable bonds is 8. The summed E-state index contributed by atoms with van der Waals surface area (Å²) in [6.07, 6.45) is 1.60. The highest BCUT2D eigenvalue weighted by Crippen LogP contribution is 2.19. The lowest BCUT2D eigenvalue weighted by molar-refractivity contribution is -0.144. The van der Waals surface area contributed by atoms with Gasteiger partial charge in [-0.05, 0) is 29.7 Å². The van der Waals surface area contributed by atoms with Gasteiger partial charge in [-0.25, -0.2) is 0 Å². The van der Waals surface area contributed by atoms with Gasteiger partial charge in [-0.15, -0.1) is 0 Å². The van der Waals surface area contributed by atoms with Gasteiger partial charge in [-0.1, -0.05) is 54.5 Å². The Morgan fingerprint density at radius 2 is 1.75 bits per heavy atom. The average molecular weight is 379 g/mol. The van der Waals surface area contributed by atoms with Gasteiger partial charge >= 0.3 is 5.97 Å². The van der Waals surface area contributed by atoms with Crippen LogP contribution in [-0.4, -0.2) is 28.6 Å². The van der Waals surface area contributed by atoms with E-state index in [0.29, 0.717) is 17.8 Å². The first-order chi connectivity index (χ1) is 13.7. The van der Waals surface area contributed by atoms with E-state index in [9.17, 15) is 9.59 Å². The maximum atomic E-state index is 12.2. The minimum absolute atomic E-state index is 0.114. The summed E-state index contributed by atoms with van der Waals surface area (Å²) in [5.41, 5.74) is 2.55. The number of amides is 1. The van der Waals surface area contributed by atoms with Crippen molar-refractivity contribution in [3.63, 3.8) is 0 Å². The molecule has 1 aromatic heterocycles. The van der Waals surface area contributed by atoms with Crippen molar-refractivity contribution in [1.82, 2.24) is 15.5 Å². The molecule has 0 bridgehead atoms. The number of esters is 1. The lowest BCUT2D eigenvalue weighted by atomic mass is 10.0. The van der Waals surface area contributed by atoms with E-state index in [-0.39, 0.29) is 24.9 Å². The lowest BCUT2D eigenvalue weighted by Crippen LogP contribution is -2.30. The maximum Gasteiger partial charge on any atom is 0.325 e. The van der Waals surface area contributed by atoms with E-state index in [1.807, 2.05) is 49.4 Å². The van der Waals surface area contributed by atoms with Gasteiger partial charge in [-0.2, -0.15) is 4.98 Å². The molecule has 7 heteroatoms. The number of nitrogens with zero attached hydrogens (tertiary/aromatic N) is 2. The van der Waals surface area contributed by atoms with Gasteiger partial charge in [0.2, 0.25) is 0 Å². The normalized spacial score (nSPS) is 10.5. The van der Waals surface area contributed by atoms with Crippen LogP contribution in [0.15, 0.2) is 59.1 Å². The number of carbonyl (C=O) groups is 2. The fraction of sp³-hybridized carbons (Fsp3) is 0.238. The molecule has 0 aliphatic carbocycles. The molecule has 0 saturated heterocycles. The zero-order chi connectivity index (χ0) is 19.8. The van der Waals surface area contributed by atoms with Crippen LogP contribution in [0, 0.1) is 0 Å². The lowest BCUT2D eigenvalue weighted by Gasteiger charge is -2.06. The zero-order valence-electron chi connectivity index (χ0n) is 15.6. The van der Waals surface area contributed by atoms with Crippen molar-refractivity contribution in [2.24, 2.45) is 0 Å². The number of hydrogen-bond acceptors (Lipinski definition) is 6. The summed E-state index contributed by atoms with van der Waals surface area (Å²) in [5.74, 6) is -0.107. The molecule has 0 spiro atoms. The van der Waals surface area contributed by atoms with Gasteiger partial charge in [0.15, 0.2) is 12.4 Å². The first-order valence-corrected chi connectivity index (χ1v) is 9.06. The van der Waals surface area contributed by atoms with Crippen molar-refractivity contribution >= 4 is 11.9 Å². The number of benzene rings is 2. The van der Waals surface area contributed by atoms with Gasteiger partial charge in [0.25, 0.3) is 11.8 Å². The Morgan fingerprint density at radius 3 is 2.46 bits per heavy atom. The second-order valence-electron chi connectivity index (χ2n) is 6.14. The molecular formula is C21H21N3O4. The number of hydrogen-bond donors (Lipinski definition) is 1. The highest BCUT2D eigenvalue weighted by atomic mass is 16.6. The Morgan fingerprint density at radius 1 is 1.04 bits per heavy atom. The summed E-state index contributed by atoms with van der Waals surface area (Å²) in [4.78, 5) is 28.1. The van der Waals surface area contributed by atoms with Crippen LogP contribution < -0.4 is 5.32 Å². The Balaban J connectivity index is 1.46. The summed E-state index contributed by atoms with van der Waals surface area (Å²) in [6.45, 7) is 1.65. The van der Waals surface area contributed by atoms with Crippen molar-refractivity contribution in [3.8, 4) is 11.1 Å². The molecule has 3 aromatic rings. The Kier molecular flexibility index (Phi) is 6.51. The minimum Gasteiger partial charge on any atom is -0.454 e. The van der Waals surface area contributed by atoms with Crippen molar-refractivity contribution in [1.29, 1.82) is 0 Å². The van der Waals surface area contributed by atoms with Crippen molar-refractivity contribution in [3.05, 3.63) is 71.9 Å². The van der Waals surface area contributed by atoms with Gasteiger partial charge in [0.05, 0.1) is 0 Å². The monoisotopic (exact) mass is 379 g/mol. The quantitative estimate of drug-likeness (QED) is 0.604. The molecular weight excluding hydrogens is 358 g/mol. The van der Waals surface area contributed by atoms with E-state index >= 15 is 0 Å². The molecule has 0 aliphatic rings. The summed E-state index contributed by atoms with van der Waals surface area (Å²) >= 11 is 0. The number of carbonyl (C=O) groups excluding carboxylic acids is 2. The van der Waals surface area contributed by atoms with Crippen LogP contribution in [-0.2, 0) is 22.6 Å². The second kappa shape index (κ2) is 9.45. The maximum absolute atomic E-state index is 12.2. The van der Waals surface area contributed by atoms with E-state index in [1.165, 1.54) is 0 Å². The molecule has 0 atom stereocenters. The number of ether oxygens (including phenoxy) is 1. The van der Waals surface area contributed by atoms with Crippen LogP contribution >= 0.6 is 0 Å². The van der Waals surface area contributed by atoms with Crippen LogP contribution in [0.3, 0.4) is 0 Å². The number of nitrogens with one attached hydrogen (secondary N) is 1. The van der Waals surface area contributed by atoms with Crippen LogP contribution in [0.4, 0.5) is 0 Å². The summed E-state index contributed by atoms with van der Waals surface area (Å²) < 4.78 is 10.0. The predicted octanol–water partition coefficient (Wildman–Crippen LogP) is 3.16. The number of aryl methyl sites for hydroxylation is 1. The highest BCUT2D eigenvalue weighted by molar-refractivity contribution is 5.96. The highest BCUT2D eigenvalue weighted by Gasteiger charge is 2.12. The Labute approximate surface area is 162 Å². The van der Waals surface area contributed by atoms with Crippen molar-refractivity contribution in [2.75, 3.05) is 6.54 Å². The van der Waals surface area contributed by atoms with Crippen LogP contribution in [0.2, 0.25) is 0 Å². The third-order valence-corrected chi connectivity index (χ3v) is 3.99. The molecule has 0 fully saturated rings. The van der Waals surface area contributed by atoms with E-state index in [4.69, 9.17) is 9.26 Å². The smallest absolute Gasteiger partial charge is 0.325 e. The fourth-order valence-electron chi connectivity index (χ4n) is 2.57. The molecule has 0 radical (unpaired) electrons. The minimum atomic E-state index is -0.579. The van der Waals surface area contributed by atoms with Gasteiger partial charge in [0.1, 0.15) is 6.54 Å². The predicted molar refractivity (Wildman–Crippen MR) is 102 cm³/mol. The molecule has 1 amide bonds. The molecule has 3 rings (SSSR count). The second-order valence-corrected chi connectivity index (χ2v) is 6.14. The molecule has 0 unspecified atom stereocenters.